The summed E-state index contributed by atoms with van der Waals surface area (Å²) in [5, 5.41) is 9.03. The van der Waals surface area contributed by atoms with Gasteiger partial charge in [0.2, 0.25) is 0 Å². The molecule has 1 unspecified atom stereocenters. The number of aromatic nitrogens is 1. The van der Waals surface area contributed by atoms with Crippen LogP contribution in [0.15, 0.2) is 10.1 Å². The summed E-state index contributed by atoms with van der Waals surface area (Å²) in [7, 11) is 0. The van der Waals surface area contributed by atoms with Crippen molar-refractivity contribution in [2.45, 2.75) is 13.0 Å². The zero-order valence-corrected chi connectivity index (χ0v) is 7.24. The van der Waals surface area contributed by atoms with E-state index in [0.717, 1.165) is 9.48 Å². The van der Waals surface area contributed by atoms with Gasteiger partial charge in [0, 0.05) is 0 Å². The van der Waals surface area contributed by atoms with Crippen LogP contribution >= 0.6 is 27.3 Å². The predicted molar refractivity (Wildman–Crippen MR) is 40.4 cm³/mol. The number of aliphatic hydroxyl groups is 1. The first-order valence-electron chi connectivity index (χ1n) is 2.48. The van der Waals surface area contributed by atoms with Gasteiger partial charge in [-0.1, -0.05) is 0 Å². The summed E-state index contributed by atoms with van der Waals surface area (Å²) < 4.78 is 0.752. The van der Waals surface area contributed by atoms with Crippen molar-refractivity contribution in [1.82, 2.24) is 4.98 Å². The van der Waals surface area contributed by atoms with Gasteiger partial charge in [-0.05, 0) is 22.9 Å². The highest BCUT2D eigenvalue weighted by Crippen LogP contribution is 2.25. The molecule has 4 heteroatoms. The van der Waals surface area contributed by atoms with Gasteiger partial charge in [-0.15, -0.1) is 11.3 Å². The summed E-state index contributed by atoms with van der Waals surface area (Å²) in [4.78, 5) is 4.80. The van der Waals surface area contributed by atoms with Crippen molar-refractivity contribution in [1.29, 1.82) is 0 Å². The minimum atomic E-state index is -0.410. The largest absolute Gasteiger partial charge is 0.388 e. The SMILES string of the molecule is CC(O)c1scnc1Br. The van der Waals surface area contributed by atoms with Gasteiger partial charge < -0.3 is 5.11 Å². The molecule has 0 bridgehead atoms. The molecule has 1 aromatic heterocycles. The first-order valence-corrected chi connectivity index (χ1v) is 4.16. The van der Waals surface area contributed by atoms with Crippen molar-refractivity contribution < 1.29 is 5.11 Å². The predicted octanol–water partition coefficient (Wildman–Crippen LogP) is 1.96. The molecule has 9 heavy (non-hydrogen) atoms. The second kappa shape index (κ2) is 2.77. The lowest BCUT2D eigenvalue weighted by atomic mass is 10.4. The molecular formula is C5H6BrNOS. The third kappa shape index (κ3) is 1.50. The van der Waals surface area contributed by atoms with Crippen molar-refractivity contribution in [2.75, 3.05) is 0 Å². The van der Waals surface area contributed by atoms with E-state index in [1.54, 1.807) is 12.4 Å². The highest BCUT2D eigenvalue weighted by atomic mass is 79.9. The van der Waals surface area contributed by atoms with E-state index in [1.165, 1.54) is 11.3 Å². The van der Waals surface area contributed by atoms with Crippen molar-refractivity contribution in [3.63, 3.8) is 0 Å². The van der Waals surface area contributed by atoms with Crippen LogP contribution < -0.4 is 0 Å². The van der Waals surface area contributed by atoms with Crippen LogP contribution in [-0.4, -0.2) is 10.1 Å². The fourth-order valence-corrected chi connectivity index (χ4v) is 1.98. The lowest BCUT2D eigenvalue weighted by Crippen LogP contribution is -1.86. The molecule has 0 fully saturated rings. The molecule has 0 saturated carbocycles. The quantitative estimate of drug-likeness (QED) is 0.765. The number of halogens is 1. The zero-order valence-electron chi connectivity index (χ0n) is 4.84. The summed E-state index contributed by atoms with van der Waals surface area (Å²) in [6, 6.07) is 0. The number of thiazole rings is 1. The topological polar surface area (TPSA) is 33.1 Å². The summed E-state index contributed by atoms with van der Waals surface area (Å²) >= 11 is 4.66. The highest BCUT2D eigenvalue weighted by molar-refractivity contribution is 9.10. The van der Waals surface area contributed by atoms with Crippen molar-refractivity contribution in [2.24, 2.45) is 0 Å². The summed E-state index contributed by atoms with van der Waals surface area (Å²) in [6.45, 7) is 1.72. The van der Waals surface area contributed by atoms with E-state index in [9.17, 15) is 0 Å². The third-order valence-electron chi connectivity index (χ3n) is 0.928. The van der Waals surface area contributed by atoms with E-state index in [-0.39, 0.29) is 0 Å². The molecule has 0 radical (unpaired) electrons. The van der Waals surface area contributed by atoms with Crippen LogP contribution in [0.5, 0.6) is 0 Å². The van der Waals surface area contributed by atoms with Crippen LogP contribution in [0.4, 0.5) is 0 Å². The molecule has 1 heterocycles. The van der Waals surface area contributed by atoms with Gasteiger partial charge in [-0.2, -0.15) is 0 Å². The zero-order chi connectivity index (χ0) is 6.85. The average Bonchev–Trinajstić information content (AvgIpc) is 2.13. The Kier molecular flexibility index (Phi) is 2.21. The number of hydrogen-bond acceptors (Lipinski definition) is 3. The van der Waals surface area contributed by atoms with Gasteiger partial charge in [0.1, 0.15) is 4.60 Å². The molecule has 1 N–H and O–H groups in total. The molecule has 1 atom stereocenters. The smallest absolute Gasteiger partial charge is 0.122 e. The van der Waals surface area contributed by atoms with Gasteiger partial charge in [0.25, 0.3) is 0 Å². The van der Waals surface area contributed by atoms with E-state index in [1.807, 2.05) is 0 Å². The van der Waals surface area contributed by atoms with Crippen molar-refractivity contribution >= 4 is 27.3 Å². The molecule has 2 nitrogen and oxygen atoms in total. The van der Waals surface area contributed by atoms with E-state index < -0.39 is 6.10 Å². The fourth-order valence-electron chi connectivity index (χ4n) is 0.512. The Labute approximate surface area is 65.7 Å². The normalized spacial score (nSPS) is 13.7. The Hall–Kier alpha value is 0.0700. The molecular weight excluding hydrogens is 202 g/mol. The van der Waals surface area contributed by atoms with Gasteiger partial charge in [0.15, 0.2) is 0 Å². The van der Waals surface area contributed by atoms with Gasteiger partial charge in [-0.3, -0.25) is 0 Å². The molecule has 0 aliphatic carbocycles. The van der Waals surface area contributed by atoms with Crippen LogP contribution in [0.1, 0.15) is 17.9 Å². The van der Waals surface area contributed by atoms with Crippen LogP contribution in [0.2, 0.25) is 0 Å². The van der Waals surface area contributed by atoms with Gasteiger partial charge in [0.05, 0.1) is 16.5 Å². The lowest BCUT2D eigenvalue weighted by Gasteiger charge is -1.97. The second-order valence-corrected chi connectivity index (χ2v) is 3.32. The maximum absolute atomic E-state index is 9.03. The van der Waals surface area contributed by atoms with E-state index in [2.05, 4.69) is 20.9 Å². The highest BCUT2D eigenvalue weighted by Gasteiger charge is 2.06. The number of rotatable bonds is 1. The summed E-state index contributed by atoms with van der Waals surface area (Å²) in [5.41, 5.74) is 1.70. The monoisotopic (exact) mass is 207 g/mol. The fraction of sp³-hybridized carbons (Fsp3) is 0.400. The molecule has 0 aromatic carbocycles. The lowest BCUT2D eigenvalue weighted by molar-refractivity contribution is 0.202. The first-order chi connectivity index (χ1) is 4.22. The van der Waals surface area contributed by atoms with E-state index in [0.29, 0.717) is 0 Å². The number of hydrogen-bond donors (Lipinski definition) is 1. The molecule has 0 spiro atoms. The Morgan fingerprint density at radius 1 is 1.89 bits per heavy atom. The van der Waals surface area contributed by atoms with Crippen LogP contribution in [-0.2, 0) is 0 Å². The van der Waals surface area contributed by atoms with Crippen LogP contribution in [0.3, 0.4) is 0 Å². The van der Waals surface area contributed by atoms with Gasteiger partial charge in [-0.25, -0.2) is 4.98 Å². The van der Waals surface area contributed by atoms with E-state index in [4.69, 9.17) is 5.11 Å². The van der Waals surface area contributed by atoms with Crippen LogP contribution in [0, 0.1) is 0 Å². The number of nitrogens with zero attached hydrogens (tertiary/aromatic N) is 1. The molecule has 1 aromatic rings. The van der Waals surface area contributed by atoms with Crippen molar-refractivity contribution in [3.05, 3.63) is 15.0 Å². The van der Waals surface area contributed by atoms with E-state index >= 15 is 0 Å². The average molecular weight is 208 g/mol. The maximum atomic E-state index is 9.03. The van der Waals surface area contributed by atoms with Gasteiger partial charge >= 0.3 is 0 Å². The molecule has 0 amide bonds. The molecule has 0 saturated heterocycles. The summed E-state index contributed by atoms with van der Waals surface area (Å²) in [6.07, 6.45) is -0.410. The molecule has 0 aliphatic heterocycles. The molecule has 50 valence electrons. The summed E-state index contributed by atoms with van der Waals surface area (Å²) in [5.74, 6) is 0. The minimum Gasteiger partial charge on any atom is -0.388 e. The molecule has 1 rings (SSSR count). The number of aliphatic hydroxyl groups excluding tert-OH is 1. The van der Waals surface area contributed by atoms with Crippen LogP contribution in [0.25, 0.3) is 0 Å². The Morgan fingerprint density at radius 2 is 2.56 bits per heavy atom. The third-order valence-corrected chi connectivity index (χ3v) is 2.82. The second-order valence-electron chi connectivity index (χ2n) is 1.68. The first kappa shape index (κ1) is 7.18. The Bertz CT molecular complexity index is 199. The Balaban J connectivity index is 2.94. The standard InChI is InChI=1S/C5H6BrNOS/c1-3(8)4-5(6)7-2-9-4/h2-3,8H,1H3. The molecule has 0 aliphatic rings. The van der Waals surface area contributed by atoms with Crippen molar-refractivity contribution in [3.8, 4) is 0 Å². The minimum absolute atomic E-state index is 0.410. The maximum Gasteiger partial charge on any atom is 0.122 e. The Morgan fingerprint density at radius 3 is 2.78 bits per heavy atom.